The molecule has 0 amide bonds. The van der Waals surface area contributed by atoms with E-state index >= 15 is 0 Å². The Bertz CT molecular complexity index is 366. The highest BCUT2D eigenvalue weighted by Gasteiger charge is 2.38. The van der Waals surface area contributed by atoms with Crippen LogP contribution in [-0.4, -0.2) is 16.5 Å². The standard InChI is InChI=1S/C11H13NO2/c1-10(2,14)11(3)5-4-9(13)8(6-11)7-12/h4-6,14H,1-3H3. The summed E-state index contributed by atoms with van der Waals surface area (Å²) in [6.07, 6.45) is 4.50. The zero-order chi connectivity index (χ0) is 11.0. The van der Waals surface area contributed by atoms with Crippen molar-refractivity contribution in [2.75, 3.05) is 0 Å². The first-order valence-corrected chi connectivity index (χ1v) is 4.39. The van der Waals surface area contributed by atoms with E-state index in [1.54, 1.807) is 26.8 Å². The molecule has 0 heterocycles. The van der Waals surface area contributed by atoms with Gasteiger partial charge >= 0.3 is 0 Å². The molecule has 0 fully saturated rings. The average molecular weight is 191 g/mol. The Morgan fingerprint density at radius 3 is 2.57 bits per heavy atom. The number of hydrogen-bond donors (Lipinski definition) is 1. The number of allylic oxidation sites excluding steroid dienone is 2. The molecule has 0 aromatic carbocycles. The first-order chi connectivity index (χ1) is 6.30. The maximum Gasteiger partial charge on any atom is 0.195 e. The van der Waals surface area contributed by atoms with Crippen LogP contribution in [0, 0.1) is 16.7 Å². The van der Waals surface area contributed by atoms with Crippen LogP contribution in [-0.2, 0) is 4.79 Å². The van der Waals surface area contributed by atoms with Crippen molar-refractivity contribution in [1.82, 2.24) is 0 Å². The quantitative estimate of drug-likeness (QED) is 0.680. The third-order valence-electron chi connectivity index (χ3n) is 2.73. The van der Waals surface area contributed by atoms with Gasteiger partial charge in [0.1, 0.15) is 6.07 Å². The van der Waals surface area contributed by atoms with Crippen molar-refractivity contribution in [1.29, 1.82) is 5.26 Å². The van der Waals surface area contributed by atoms with Crippen LogP contribution in [0.2, 0.25) is 0 Å². The summed E-state index contributed by atoms with van der Waals surface area (Å²) < 4.78 is 0. The molecule has 0 aliphatic heterocycles. The summed E-state index contributed by atoms with van der Waals surface area (Å²) in [5.41, 5.74) is -1.56. The van der Waals surface area contributed by atoms with Crippen LogP contribution in [0.15, 0.2) is 23.8 Å². The molecule has 0 aromatic heterocycles. The van der Waals surface area contributed by atoms with Crippen molar-refractivity contribution in [3.8, 4) is 6.07 Å². The number of carbonyl (C=O) groups excluding carboxylic acids is 1. The molecule has 14 heavy (non-hydrogen) atoms. The molecule has 0 saturated carbocycles. The number of nitriles is 1. The Morgan fingerprint density at radius 2 is 2.14 bits per heavy atom. The van der Waals surface area contributed by atoms with Crippen LogP contribution < -0.4 is 0 Å². The number of rotatable bonds is 1. The molecule has 74 valence electrons. The van der Waals surface area contributed by atoms with E-state index < -0.39 is 11.0 Å². The molecule has 0 radical (unpaired) electrons. The van der Waals surface area contributed by atoms with Gasteiger partial charge in [-0.3, -0.25) is 4.79 Å². The van der Waals surface area contributed by atoms with Crippen LogP contribution in [0.25, 0.3) is 0 Å². The predicted molar refractivity (Wildman–Crippen MR) is 52.2 cm³/mol. The lowest BCUT2D eigenvalue weighted by molar-refractivity contribution is -0.111. The second-order valence-corrected chi connectivity index (χ2v) is 4.21. The van der Waals surface area contributed by atoms with Gasteiger partial charge in [0.05, 0.1) is 11.2 Å². The Balaban J connectivity index is 3.19. The summed E-state index contributed by atoms with van der Waals surface area (Å²) in [6, 6.07) is 1.83. The van der Waals surface area contributed by atoms with Crippen LogP contribution in [0.5, 0.6) is 0 Å². The third kappa shape index (κ3) is 1.61. The van der Waals surface area contributed by atoms with Crippen molar-refractivity contribution >= 4 is 5.78 Å². The van der Waals surface area contributed by atoms with Crippen molar-refractivity contribution in [2.45, 2.75) is 26.4 Å². The first-order valence-electron chi connectivity index (χ1n) is 4.39. The van der Waals surface area contributed by atoms with Gasteiger partial charge in [0.15, 0.2) is 5.78 Å². The summed E-state index contributed by atoms with van der Waals surface area (Å²) in [5, 5.41) is 18.6. The molecule has 3 nitrogen and oxygen atoms in total. The molecular weight excluding hydrogens is 178 g/mol. The topological polar surface area (TPSA) is 61.1 Å². The van der Waals surface area contributed by atoms with Crippen LogP contribution in [0.4, 0.5) is 0 Å². The molecule has 3 heteroatoms. The fraction of sp³-hybridized carbons (Fsp3) is 0.455. The van der Waals surface area contributed by atoms with Crippen LogP contribution >= 0.6 is 0 Å². The van der Waals surface area contributed by atoms with E-state index in [0.29, 0.717) is 0 Å². The van der Waals surface area contributed by atoms with E-state index in [1.807, 2.05) is 6.07 Å². The van der Waals surface area contributed by atoms with Gasteiger partial charge in [-0.2, -0.15) is 5.26 Å². The van der Waals surface area contributed by atoms with Gasteiger partial charge in [-0.1, -0.05) is 12.2 Å². The number of ketones is 1. The van der Waals surface area contributed by atoms with Gasteiger partial charge < -0.3 is 5.11 Å². The van der Waals surface area contributed by atoms with Crippen molar-refractivity contribution in [3.05, 3.63) is 23.8 Å². The van der Waals surface area contributed by atoms with Gasteiger partial charge in [-0.25, -0.2) is 0 Å². The largest absolute Gasteiger partial charge is 0.389 e. The van der Waals surface area contributed by atoms with Crippen molar-refractivity contribution < 1.29 is 9.90 Å². The van der Waals surface area contributed by atoms with Crippen LogP contribution in [0.1, 0.15) is 20.8 Å². The van der Waals surface area contributed by atoms with Gasteiger partial charge in [-0.15, -0.1) is 0 Å². The zero-order valence-corrected chi connectivity index (χ0v) is 8.53. The highest BCUT2D eigenvalue weighted by atomic mass is 16.3. The van der Waals surface area contributed by atoms with Crippen LogP contribution in [0.3, 0.4) is 0 Å². The fourth-order valence-corrected chi connectivity index (χ4v) is 1.23. The van der Waals surface area contributed by atoms with Gasteiger partial charge in [0.25, 0.3) is 0 Å². The van der Waals surface area contributed by atoms with Gasteiger partial charge in [-0.05, 0) is 26.8 Å². The van der Waals surface area contributed by atoms with E-state index in [4.69, 9.17) is 5.26 Å². The Labute approximate surface area is 83.4 Å². The molecule has 0 saturated heterocycles. The second kappa shape index (κ2) is 3.07. The number of nitrogens with zero attached hydrogens (tertiary/aromatic N) is 1. The first kappa shape index (κ1) is 10.7. The minimum absolute atomic E-state index is 0.0946. The minimum atomic E-state index is -0.994. The Kier molecular flexibility index (Phi) is 2.34. The van der Waals surface area contributed by atoms with Gasteiger partial charge in [0, 0.05) is 5.41 Å². The molecule has 1 aliphatic rings. The van der Waals surface area contributed by atoms with E-state index in [-0.39, 0.29) is 11.4 Å². The summed E-state index contributed by atoms with van der Waals surface area (Å²) in [7, 11) is 0. The molecule has 0 spiro atoms. The maximum atomic E-state index is 11.2. The Morgan fingerprint density at radius 1 is 1.57 bits per heavy atom. The smallest absolute Gasteiger partial charge is 0.195 e. The molecule has 1 atom stereocenters. The molecular formula is C11H13NO2. The number of aliphatic hydroxyl groups is 1. The van der Waals surface area contributed by atoms with E-state index in [9.17, 15) is 9.90 Å². The molecule has 1 rings (SSSR count). The van der Waals surface area contributed by atoms with E-state index in [2.05, 4.69) is 0 Å². The second-order valence-electron chi connectivity index (χ2n) is 4.21. The fourth-order valence-electron chi connectivity index (χ4n) is 1.23. The lowest BCUT2D eigenvalue weighted by Gasteiger charge is -2.37. The summed E-state index contributed by atoms with van der Waals surface area (Å²) in [4.78, 5) is 11.2. The average Bonchev–Trinajstić information content (AvgIpc) is 2.07. The maximum absolute atomic E-state index is 11.2. The minimum Gasteiger partial charge on any atom is -0.389 e. The normalized spacial score (nSPS) is 27.1. The number of carbonyl (C=O) groups is 1. The SMILES string of the molecule is CC(C)(O)C1(C)C=CC(=O)C(C#N)=C1. The highest BCUT2D eigenvalue weighted by molar-refractivity contribution is 6.08. The van der Waals surface area contributed by atoms with Gasteiger partial charge in [0.2, 0.25) is 0 Å². The molecule has 0 bridgehead atoms. The lowest BCUT2D eigenvalue weighted by atomic mass is 9.71. The molecule has 1 unspecified atom stereocenters. The number of hydrogen-bond acceptors (Lipinski definition) is 3. The molecule has 1 aliphatic carbocycles. The monoisotopic (exact) mass is 191 g/mol. The summed E-state index contributed by atoms with van der Waals surface area (Å²) >= 11 is 0. The van der Waals surface area contributed by atoms with E-state index in [1.165, 1.54) is 12.2 Å². The summed E-state index contributed by atoms with van der Waals surface area (Å²) in [6.45, 7) is 5.09. The lowest BCUT2D eigenvalue weighted by Crippen LogP contribution is -2.40. The molecule has 1 N–H and O–H groups in total. The molecule has 0 aromatic rings. The van der Waals surface area contributed by atoms with Crippen molar-refractivity contribution in [2.24, 2.45) is 5.41 Å². The zero-order valence-electron chi connectivity index (χ0n) is 8.53. The Hall–Kier alpha value is -1.40. The predicted octanol–water partition coefficient (Wildman–Crippen LogP) is 1.35. The van der Waals surface area contributed by atoms with Crippen molar-refractivity contribution in [3.63, 3.8) is 0 Å². The summed E-state index contributed by atoms with van der Waals surface area (Å²) in [5.74, 6) is -0.297. The van der Waals surface area contributed by atoms with E-state index in [0.717, 1.165) is 0 Å². The highest BCUT2D eigenvalue weighted by Crippen LogP contribution is 2.37. The third-order valence-corrected chi connectivity index (χ3v) is 2.73.